The summed E-state index contributed by atoms with van der Waals surface area (Å²) in [4.78, 5) is 4.44. The molecule has 108 valence electrons. The highest BCUT2D eigenvalue weighted by Gasteiger charge is 2.15. The van der Waals surface area contributed by atoms with Gasteiger partial charge in [0.05, 0.1) is 17.2 Å². The molecule has 1 aromatic carbocycles. The lowest BCUT2D eigenvalue weighted by molar-refractivity contribution is 0.538. The molecule has 2 aromatic rings. The van der Waals surface area contributed by atoms with Crippen molar-refractivity contribution in [3.8, 4) is 0 Å². The van der Waals surface area contributed by atoms with E-state index in [0.717, 1.165) is 18.7 Å². The molecule has 1 aromatic heterocycles. The fourth-order valence-electron chi connectivity index (χ4n) is 2.30. The second-order valence-corrected chi connectivity index (χ2v) is 6.89. The second-order valence-electron chi connectivity index (χ2n) is 6.17. The largest absolute Gasteiger partial charge is 0.309 e. The van der Waals surface area contributed by atoms with Gasteiger partial charge in [-0.2, -0.15) is 0 Å². The van der Waals surface area contributed by atoms with Gasteiger partial charge in [0.1, 0.15) is 0 Å². The van der Waals surface area contributed by atoms with Crippen LogP contribution in [0.3, 0.4) is 0 Å². The van der Waals surface area contributed by atoms with Crippen molar-refractivity contribution in [1.29, 1.82) is 0 Å². The van der Waals surface area contributed by atoms with E-state index in [-0.39, 0.29) is 5.41 Å². The summed E-state index contributed by atoms with van der Waals surface area (Å²) in [5, 5.41) is 5.66. The van der Waals surface area contributed by atoms with Crippen molar-refractivity contribution in [2.45, 2.75) is 45.6 Å². The minimum atomic E-state index is 0.217. The first kappa shape index (κ1) is 15.2. The van der Waals surface area contributed by atoms with Crippen LogP contribution in [0.25, 0.3) is 0 Å². The molecule has 0 aliphatic carbocycles. The Morgan fingerprint density at radius 1 is 1.20 bits per heavy atom. The number of nitrogens with zero attached hydrogens (tertiary/aromatic N) is 1. The lowest BCUT2D eigenvalue weighted by Gasteiger charge is -2.20. The topological polar surface area (TPSA) is 24.9 Å². The van der Waals surface area contributed by atoms with Crippen LogP contribution in [0.15, 0.2) is 35.2 Å². The minimum absolute atomic E-state index is 0.217. The van der Waals surface area contributed by atoms with E-state index in [1.54, 1.807) is 11.3 Å². The molecule has 0 radical (unpaired) electrons. The quantitative estimate of drug-likeness (QED) is 0.885. The predicted octanol–water partition coefficient (Wildman–Crippen LogP) is 4.33. The first-order chi connectivity index (χ1) is 9.50. The Morgan fingerprint density at radius 3 is 2.40 bits per heavy atom. The standard InChI is InChI=1S/C17H24N2S/c1-5-18-15(16-11-20-12-19-16)10-13-6-8-14(9-7-13)17(2,3)4/h6-9,11-12,15,18H,5,10H2,1-4H3. The number of thiazole rings is 1. The third kappa shape index (κ3) is 3.90. The number of aromatic nitrogens is 1. The van der Waals surface area contributed by atoms with E-state index in [4.69, 9.17) is 0 Å². The fourth-order valence-corrected chi connectivity index (χ4v) is 2.91. The van der Waals surface area contributed by atoms with Gasteiger partial charge in [0.25, 0.3) is 0 Å². The average Bonchev–Trinajstić information content (AvgIpc) is 2.91. The summed E-state index contributed by atoms with van der Waals surface area (Å²) < 4.78 is 0. The fraction of sp³-hybridized carbons (Fsp3) is 0.471. The van der Waals surface area contributed by atoms with E-state index in [2.05, 4.69) is 67.6 Å². The van der Waals surface area contributed by atoms with Crippen LogP contribution in [-0.2, 0) is 11.8 Å². The van der Waals surface area contributed by atoms with Crippen LogP contribution < -0.4 is 5.32 Å². The normalized spacial score (nSPS) is 13.4. The average molecular weight is 288 g/mol. The van der Waals surface area contributed by atoms with E-state index in [0.29, 0.717) is 6.04 Å². The summed E-state index contributed by atoms with van der Waals surface area (Å²) in [6, 6.07) is 9.31. The predicted molar refractivity (Wildman–Crippen MR) is 87.4 cm³/mol. The zero-order valence-corrected chi connectivity index (χ0v) is 13.6. The van der Waals surface area contributed by atoms with Crippen molar-refractivity contribution < 1.29 is 0 Å². The third-order valence-corrected chi connectivity index (χ3v) is 4.12. The van der Waals surface area contributed by atoms with E-state index in [1.807, 2.05) is 5.51 Å². The molecule has 0 amide bonds. The smallest absolute Gasteiger partial charge is 0.0795 e. The maximum atomic E-state index is 4.44. The van der Waals surface area contributed by atoms with Crippen LogP contribution in [0.1, 0.15) is 50.6 Å². The maximum absolute atomic E-state index is 4.44. The summed E-state index contributed by atoms with van der Waals surface area (Å²) in [5.41, 5.74) is 6.01. The van der Waals surface area contributed by atoms with Crippen molar-refractivity contribution in [2.75, 3.05) is 6.54 Å². The molecule has 1 N–H and O–H groups in total. The molecule has 1 unspecified atom stereocenters. The Labute approximate surface area is 126 Å². The van der Waals surface area contributed by atoms with Gasteiger partial charge in [-0.05, 0) is 29.5 Å². The number of benzene rings is 1. The molecule has 2 nitrogen and oxygen atoms in total. The van der Waals surface area contributed by atoms with Crippen molar-refractivity contribution in [1.82, 2.24) is 10.3 Å². The Hall–Kier alpha value is -1.19. The highest BCUT2D eigenvalue weighted by molar-refractivity contribution is 7.07. The molecule has 0 aliphatic rings. The molecule has 0 spiro atoms. The molecule has 0 saturated heterocycles. The number of rotatable bonds is 5. The molecule has 1 atom stereocenters. The Balaban J connectivity index is 2.11. The number of likely N-dealkylation sites (N-methyl/N-ethyl adjacent to an activating group) is 1. The first-order valence-corrected chi connectivity index (χ1v) is 8.16. The van der Waals surface area contributed by atoms with Crippen LogP contribution >= 0.6 is 11.3 Å². The molecule has 0 aliphatic heterocycles. The molecular weight excluding hydrogens is 264 g/mol. The van der Waals surface area contributed by atoms with E-state index in [1.165, 1.54) is 11.1 Å². The van der Waals surface area contributed by atoms with Crippen molar-refractivity contribution in [2.24, 2.45) is 0 Å². The first-order valence-electron chi connectivity index (χ1n) is 7.21. The molecule has 1 heterocycles. The van der Waals surface area contributed by atoms with Gasteiger partial charge >= 0.3 is 0 Å². The molecule has 0 fully saturated rings. The van der Waals surface area contributed by atoms with Crippen LogP contribution in [0.5, 0.6) is 0 Å². The highest BCUT2D eigenvalue weighted by atomic mass is 32.1. The minimum Gasteiger partial charge on any atom is -0.309 e. The molecule has 0 bridgehead atoms. The maximum Gasteiger partial charge on any atom is 0.0795 e. The Kier molecular flexibility index (Phi) is 4.95. The summed E-state index contributed by atoms with van der Waals surface area (Å²) in [7, 11) is 0. The number of hydrogen-bond acceptors (Lipinski definition) is 3. The van der Waals surface area contributed by atoms with E-state index in [9.17, 15) is 0 Å². The molecule has 3 heteroatoms. The van der Waals surface area contributed by atoms with Crippen molar-refractivity contribution in [3.63, 3.8) is 0 Å². The van der Waals surface area contributed by atoms with E-state index < -0.39 is 0 Å². The molecule has 0 saturated carbocycles. The van der Waals surface area contributed by atoms with Crippen molar-refractivity contribution >= 4 is 11.3 Å². The summed E-state index contributed by atoms with van der Waals surface area (Å²) in [6.07, 6.45) is 0.988. The van der Waals surface area contributed by atoms with E-state index >= 15 is 0 Å². The third-order valence-electron chi connectivity index (χ3n) is 3.52. The monoisotopic (exact) mass is 288 g/mol. The van der Waals surface area contributed by atoms with Gasteiger partial charge in [-0.1, -0.05) is 52.0 Å². The highest BCUT2D eigenvalue weighted by Crippen LogP contribution is 2.24. The van der Waals surface area contributed by atoms with Crippen molar-refractivity contribution in [3.05, 3.63) is 52.0 Å². The number of hydrogen-bond donors (Lipinski definition) is 1. The van der Waals surface area contributed by atoms with Crippen LogP contribution in [0.2, 0.25) is 0 Å². The summed E-state index contributed by atoms with van der Waals surface area (Å²) in [5.74, 6) is 0. The molecule has 2 rings (SSSR count). The van der Waals surface area contributed by atoms with Crippen LogP contribution in [0.4, 0.5) is 0 Å². The second kappa shape index (κ2) is 6.51. The van der Waals surface area contributed by atoms with Gasteiger partial charge in [0.15, 0.2) is 0 Å². The number of nitrogens with one attached hydrogen (secondary N) is 1. The van der Waals surface area contributed by atoms with Gasteiger partial charge in [-0.25, -0.2) is 4.98 Å². The Morgan fingerprint density at radius 2 is 1.90 bits per heavy atom. The van der Waals surface area contributed by atoms with Gasteiger partial charge in [-0.3, -0.25) is 0 Å². The molecular formula is C17H24N2S. The SMILES string of the molecule is CCNC(Cc1ccc(C(C)(C)C)cc1)c1cscn1. The van der Waals surface area contributed by atoms with Crippen LogP contribution in [-0.4, -0.2) is 11.5 Å². The summed E-state index contributed by atoms with van der Waals surface area (Å²) in [6.45, 7) is 9.85. The van der Waals surface area contributed by atoms with Gasteiger partial charge in [0, 0.05) is 5.38 Å². The van der Waals surface area contributed by atoms with Crippen LogP contribution in [0, 0.1) is 0 Å². The Bertz CT molecular complexity index is 509. The van der Waals surface area contributed by atoms with Gasteiger partial charge < -0.3 is 5.32 Å². The lowest BCUT2D eigenvalue weighted by atomic mass is 9.86. The van der Waals surface area contributed by atoms with Gasteiger partial charge in [0.2, 0.25) is 0 Å². The van der Waals surface area contributed by atoms with Gasteiger partial charge in [-0.15, -0.1) is 11.3 Å². The summed E-state index contributed by atoms with van der Waals surface area (Å²) >= 11 is 1.66. The zero-order valence-electron chi connectivity index (χ0n) is 12.8. The molecule has 20 heavy (non-hydrogen) atoms. The zero-order chi connectivity index (χ0) is 14.6. The lowest BCUT2D eigenvalue weighted by Crippen LogP contribution is -2.23.